The van der Waals surface area contributed by atoms with Gasteiger partial charge in [0.15, 0.2) is 5.76 Å². The monoisotopic (exact) mass is 420 g/mol. The number of carbonyl (C=O) groups excluding carboxylic acids is 2. The van der Waals surface area contributed by atoms with Crippen LogP contribution in [0.2, 0.25) is 0 Å². The Hall–Kier alpha value is -3.61. The molecule has 0 atom stereocenters. The van der Waals surface area contributed by atoms with Gasteiger partial charge in [0.2, 0.25) is 0 Å². The molecular weight excluding hydrogens is 396 g/mol. The number of aryl methyl sites for hydroxylation is 1. The maximum atomic E-state index is 12.3. The van der Waals surface area contributed by atoms with Gasteiger partial charge in [0.1, 0.15) is 11.4 Å². The van der Waals surface area contributed by atoms with Crippen LogP contribution in [0.25, 0.3) is 22.5 Å². The van der Waals surface area contributed by atoms with Crippen LogP contribution in [0.15, 0.2) is 53.1 Å². The number of methoxy groups -OCH3 is 1. The van der Waals surface area contributed by atoms with E-state index in [0.717, 1.165) is 35.1 Å². The first kappa shape index (κ1) is 20.7. The molecule has 31 heavy (non-hydrogen) atoms. The van der Waals surface area contributed by atoms with E-state index in [1.807, 2.05) is 55.5 Å². The highest BCUT2D eigenvalue weighted by molar-refractivity contribution is 5.91. The van der Waals surface area contributed by atoms with E-state index in [4.69, 9.17) is 9.26 Å². The number of rotatable bonds is 6. The SMILES string of the molecule is CCOC(=O)C1(c2ccc(-c3ccc(-c4onc(C)c4NC(=O)OC)cc3)cc2)CC1. The van der Waals surface area contributed by atoms with E-state index in [0.29, 0.717) is 23.7 Å². The van der Waals surface area contributed by atoms with Crippen molar-refractivity contribution in [3.63, 3.8) is 0 Å². The normalized spacial score (nSPS) is 14.0. The van der Waals surface area contributed by atoms with Crippen LogP contribution in [0.3, 0.4) is 0 Å². The molecule has 0 saturated heterocycles. The van der Waals surface area contributed by atoms with Crippen molar-refractivity contribution < 1.29 is 23.6 Å². The number of nitrogens with one attached hydrogen (secondary N) is 1. The van der Waals surface area contributed by atoms with Crippen LogP contribution in [-0.2, 0) is 19.7 Å². The number of aromatic nitrogens is 1. The predicted molar refractivity (Wildman–Crippen MR) is 116 cm³/mol. The van der Waals surface area contributed by atoms with Gasteiger partial charge < -0.3 is 14.0 Å². The van der Waals surface area contributed by atoms with E-state index >= 15 is 0 Å². The van der Waals surface area contributed by atoms with Crippen molar-refractivity contribution >= 4 is 17.7 Å². The number of amides is 1. The van der Waals surface area contributed by atoms with Crippen molar-refractivity contribution in [1.82, 2.24) is 5.16 Å². The smallest absolute Gasteiger partial charge is 0.411 e. The third-order valence-corrected chi connectivity index (χ3v) is 5.61. The van der Waals surface area contributed by atoms with Crippen LogP contribution >= 0.6 is 0 Å². The van der Waals surface area contributed by atoms with Gasteiger partial charge in [-0.1, -0.05) is 53.7 Å². The van der Waals surface area contributed by atoms with Crippen LogP contribution in [0.1, 0.15) is 31.0 Å². The molecule has 2 aromatic carbocycles. The number of hydrogen-bond acceptors (Lipinski definition) is 6. The van der Waals surface area contributed by atoms with Crippen molar-refractivity contribution in [3.8, 4) is 22.5 Å². The van der Waals surface area contributed by atoms with E-state index < -0.39 is 11.5 Å². The third-order valence-electron chi connectivity index (χ3n) is 5.61. The van der Waals surface area contributed by atoms with Gasteiger partial charge in [-0.15, -0.1) is 0 Å². The Bertz CT molecular complexity index is 1100. The average Bonchev–Trinajstić information content (AvgIpc) is 3.54. The molecule has 1 aliphatic carbocycles. The fourth-order valence-corrected chi connectivity index (χ4v) is 3.67. The number of esters is 1. The fraction of sp³-hybridized carbons (Fsp3) is 0.292. The van der Waals surface area contributed by atoms with Gasteiger partial charge >= 0.3 is 12.1 Å². The second-order valence-corrected chi connectivity index (χ2v) is 7.55. The Morgan fingerprint density at radius 1 is 1.03 bits per heavy atom. The van der Waals surface area contributed by atoms with Crippen LogP contribution in [0, 0.1) is 6.92 Å². The number of hydrogen-bond donors (Lipinski definition) is 1. The zero-order valence-electron chi connectivity index (χ0n) is 17.7. The molecule has 4 rings (SSSR count). The summed E-state index contributed by atoms with van der Waals surface area (Å²) in [5.74, 6) is 0.334. The number of benzene rings is 2. The zero-order valence-corrected chi connectivity index (χ0v) is 17.7. The molecule has 0 radical (unpaired) electrons. The van der Waals surface area contributed by atoms with Gasteiger partial charge in [-0.2, -0.15) is 0 Å². The van der Waals surface area contributed by atoms with E-state index in [2.05, 4.69) is 15.2 Å². The standard InChI is InChI=1S/C24H24N2O5/c1-4-30-22(27)24(13-14-24)19-11-9-17(10-12-19)16-5-7-18(8-6-16)21-20(15(2)26-31-21)25-23(28)29-3/h5-12H,4,13-14H2,1-3H3,(H,25,28). The average molecular weight is 420 g/mol. The summed E-state index contributed by atoms with van der Waals surface area (Å²) >= 11 is 0. The number of nitrogens with zero attached hydrogens (tertiary/aromatic N) is 1. The van der Waals surface area contributed by atoms with E-state index in [1.165, 1.54) is 7.11 Å². The minimum Gasteiger partial charge on any atom is -0.465 e. The summed E-state index contributed by atoms with van der Waals surface area (Å²) in [6, 6.07) is 15.8. The van der Waals surface area contributed by atoms with Gasteiger partial charge in [0.25, 0.3) is 0 Å². The molecule has 7 heteroatoms. The van der Waals surface area contributed by atoms with E-state index in [-0.39, 0.29) is 5.97 Å². The molecule has 1 aromatic heterocycles. The highest BCUT2D eigenvalue weighted by Crippen LogP contribution is 2.49. The third kappa shape index (κ3) is 3.91. The van der Waals surface area contributed by atoms with Gasteiger partial charge in [0, 0.05) is 5.56 Å². The molecule has 7 nitrogen and oxygen atoms in total. The first-order valence-corrected chi connectivity index (χ1v) is 10.2. The maximum absolute atomic E-state index is 12.3. The largest absolute Gasteiger partial charge is 0.465 e. The predicted octanol–water partition coefficient (Wildman–Crippen LogP) is 5.09. The maximum Gasteiger partial charge on any atom is 0.411 e. The van der Waals surface area contributed by atoms with Crippen molar-refractivity contribution in [3.05, 3.63) is 59.8 Å². The summed E-state index contributed by atoms with van der Waals surface area (Å²) in [5, 5.41) is 6.59. The van der Waals surface area contributed by atoms with Gasteiger partial charge in [0.05, 0.1) is 19.1 Å². The lowest BCUT2D eigenvalue weighted by atomic mass is 9.93. The molecule has 0 bridgehead atoms. The van der Waals surface area contributed by atoms with Gasteiger partial charge in [-0.05, 0) is 43.4 Å². The first-order valence-electron chi connectivity index (χ1n) is 10.2. The zero-order chi connectivity index (χ0) is 22.0. The molecule has 1 aliphatic rings. The molecule has 1 N–H and O–H groups in total. The van der Waals surface area contributed by atoms with E-state index in [9.17, 15) is 9.59 Å². The highest BCUT2D eigenvalue weighted by atomic mass is 16.5. The minimum absolute atomic E-state index is 0.133. The Morgan fingerprint density at radius 3 is 2.16 bits per heavy atom. The summed E-state index contributed by atoms with van der Waals surface area (Å²) in [4.78, 5) is 23.9. The Kier molecular flexibility index (Phi) is 5.50. The lowest BCUT2D eigenvalue weighted by Gasteiger charge is -2.14. The molecule has 1 heterocycles. The molecule has 1 amide bonds. The lowest BCUT2D eigenvalue weighted by Crippen LogP contribution is -2.23. The summed E-state index contributed by atoms with van der Waals surface area (Å²) in [6.07, 6.45) is 1.08. The second-order valence-electron chi connectivity index (χ2n) is 7.55. The summed E-state index contributed by atoms with van der Waals surface area (Å²) in [7, 11) is 1.30. The first-order chi connectivity index (χ1) is 15.0. The number of anilines is 1. The Balaban J connectivity index is 1.55. The molecule has 3 aromatic rings. The second kappa shape index (κ2) is 8.26. The van der Waals surface area contributed by atoms with Gasteiger partial charge in [-0.25, -0.2) is 4.79 Å². The van der Waals surface area contributed by atoms with Crippen LogP contribution in [0.4, 0.5) is 10.5 Å². The van der Waals surface area contributed by atoms with E-state index in [1.54, 1.807) is 6.92 Å². The van der Waals surface area contributed by atoms with Gasteiger partial charge in [-0.3, -0.25) is 10.1 Å². The van der Waals surface area contributed by atoms with Crippen molar-refractivity contribution in [2.75, 3.05) is 19.0 Å². The Labute approximate surface area is 180 Å². The molecule has 0 aliphatic heterocycles. The molecule has 1 fully saturated rings. The fourth-order valence-electron chi connectivity index (χ4n) is 3.67. The molecule has 1 saturated carbocycles. The quantitative estimate of drug-likeness (QED) is 0.559. The topological polar surface area (TPSA) is 90.7 Å². The summed E-state index contributed by atoms with van der Waals surface area (Å²) in [6.45, 7) is 3.97. The van der Waals surface area contributed by atoms with Crippen LogP contribution in [0.5, 0.6) is 0 Å². The van der Waals surface area contributed by atoms with Crippen LogP contribution in [-0.4, -0.2) is 30.9 Å². The highest BCUT2D eigenvalue weighted by Gasteiger charge is 2.52. The molecule has 160 valence electrons. The molecule has 0 unspecified atom stereocenters. The van der Waals surface area contributed by atoms with Crippen molar-refractivity contribution in [2.24, 2.45) is 0 Å². The van der Waals surface area contributed by atoms with Crippen molar-refractivity contribution in [1.29, 1.82) is 0 Å². The minimum atomic E-state index is -0.583. The molecule has 0 spiro atoms. The summed E-state index contributed by atoms with van der Waals surface area (Å²) in [5.41, 5.74) is 4.43. The van der Waals surface area contributed by atoms with Crippen LogP contribution < -0.4 is 5.32 Å². The molecular formula is C24H24N2O5. The summed E-state index contributed by atoms with van der Waals surface area (Å²) < 4.78 is 15.3. The number of ether oxygens (including phenoxy) is 2. The van der Waals surface area contributed by atoms with Crippen molar-refractivity contribution in [2.45, 2.75) is 32.1 Å². The number of carbonyl (C=O) groups is 2. The lowest BCUT2D eigenvalue weighted by molar-refractivity contribution is -0.146. The Morgan fingerprint density at radius 2 is 1.61 bits per heavy atom.